The number of nitrogens with one attached hydrogen (secondary N) is 4. The van der Waals surface area contributed by atoms with Crippen molar-refractivity contribution in [2.45, 2.75) is 82.3 Å². The maximum atomic E-state index is 14.2. The molecule has 1 aromatic heterocycles. The highest BCUT2D eigenvalue weighted by molar-refractivity contribution is 5.97. The zero-order valence-electron chi connectivity index (χ0n) is 29.1. The first-order chi connectivity index (χ1) is 25.5. The molecule has 53 heavy (non-hydrogen) atoms. The average molecular weight is 733 g/mol. The number of carbonyl (C=O) groups excluding carboxylic acids is 7. The van der Waals surface area contributed by atoms with Crippen molar-refractivity contribution >= 4 is 52.1 Å². The monoisotopic (exact) mass is 732 g/mol. The molecule has 8 N–H and O–H groups in total. The lowest BCUT2D eigenvalue weighted by Gasteiger charge is -2.28. The molecule has 18 nitrogen and oxygen atoms in total. The van der Waals surface area contributed by atoms with Crippen molar-refractivity contribution in [1.29, 1.82) is 0 Å². The highest BCUT2D eigenvalue weighted by Gasteiger charge is 2.37. The fourth-order valence-electron chi connectivity index (χ4n) is 6.43. The first-order valence-electron chi connectivity index (χ1n) is 17.5. The summed E-state index contributed by atoms with van der Waals surface area (Å²) in [4.78, 5) is 92.5. The Hall–Kier alpha value is -5.91. The molecule has 18 heteroatoms. The van der Waals surface area contributed by atoms with E-state index in [0.29, 0.717) is 44.5 Å². The number of fused-ring (bicyclic) bond motifs is 3. The minimum atomic E-state index is -1.47. The van der Waals surface area contributed by atoms with Gasteiger partial charge in [-0.3, -0.25) is 33.6 Å². The van der Waals surface area contributed by atoms with E-state index in [4.69, 9.17) is 16.2 Å². The van der Waals surface area contributed by atoms with Crippen molar-refractivity contribution in [2.24, 2.45) is 11.5 Å². The normalized spacial score (nSPS) is 21.6. The van der Waals surface area contributed by atoms with Crippen molar-refractivity contribution in [1.82, 2.24) is 41.2 Å². The number of ether oxygens (including phenoxy) is 1. The fraction of sp³-hybridized carbons (Fsp3) is 0.457. The maximum Gasteiger partial charge on any atom is 0.245 e. The van der Waals surface area contributed by atoms with Crippen molar-refractivity contribution in [2.75, 3.05) is 19.7 Å². The van der Waals surface area contributed by atoms with Crippen molar-refractivity contribution in [3.8, 4) is 0 Å². The Morgan fingerprint density at radius 2 is 1.75 bits per heavy atom. The van der Waals surface area contributed by atoms with Crippen LogP contribution in [0.15, 0.2) is 48.7 Å². The Labute approximate surface area is 304 Å². The van der Waals surface area contributed by atoms with E-state index in [1.807, 2.05) is 42.5 Å². The second-order valence-electron chi connectivity index (χ2n) is 13.0. The van der Waals surface area contributed by atoms with Gasteiger partial charge in [-0.15, -0.1) is 5.10 Å². The first-order valence-corrected chi connectivity index (χ1v) is 17.5. The Kier molecular flexibility index (Phi) is 13.0. The lowest BCUT2D eigenvalue weighted by atomic mass is 9.97. The van der Waals surface area contributed by atoms with Gasteiger partial charge >= 0.3 is 0 Å². The summed E-state index contributed by atoms with van der Waals surface area (Å²) in [6.45, 7) is -0.0859. The largest absolute Gasteiger partial charge is 0.372 e. The van der Waals surface area contributed by atoms with E-state index in [1.165, 1.54) is 11.1 Å². The standard InChI is InChI=1S/C35H44N10O8/c36-29(46)16-25(32(37)49)40-34(51)27-20-53-19-23-17-39-43-45(23)14-4-3-12-30(47)38-18-31(48)44-13-6-11-28(44)35(52)41-26(33(50)42-27)15-22-9-5-8-21-7-1-2-10-24(21)22/h1-2,5,7-10,17,25-28H,3-4,6,11-16,18-20H2,(H2,36,46)(H2,37,49)(H,38,47)(H,40,51)(H,41,52)(H,42,50)/t25-,26-,27-,28-/m0/s1. The summed E-state index contributed by atoms with van der Waals surface area (Å²) in [5.74, 6) is -4.89. The number of nitrogens with zero attached hydrogens (tertiary/aromatic N) is 4. The third-order valence-corrected chi connectivity index (χ3v) is 9.20. The molecule has 3 heterocycles. The molecule has 7 amide bonds. The quantitative estimate of drug-likeness (QED) is 0.160. The lowest BCUT2D eigenvalue weighted by molar-refractivity contribution is -0.140. The van der Waals surface area contributed by atoms with Gasteiger partial charge in [0, 0.05) is 25.9 Å². The molecule has 1 saturated heterocycles. The van der Waals surface area contributed by atoms with E-state index in [1.54, 1.807) is 4.68 Å². The SMILES string of the molecule is NC(=O)C[C@H](NC(=O)[C@@H]1COCc2cnnn2CCCCC(=O)NCC(=O)N2CCC[C@H]2C(=O)N[C@@H](Cc2cccc3ccccc23)C(=O)N1)C(N)=O. The van der Waals surface area contributed by atoms with Gasteiger partial charge in [0.25, 0.3) is 0 Å². The van der Waals surface area contributed by atoms with Gasteiger partial charge in [-0.25, -0.2) is 4.68 Å². The molecule has 0 unspecified atom stereocenters. The number of hydrogen-bond donors (Lipinski definition) is 6. The summed E-state index contributed by atoms with van der Waals surface area (Å²) in [7, 11) is 0. The number of nitrogens with two attached hydrogens (primary N) is 2. The number of amides is 7. The lowest BCUT2D eigenvalue weighted by Crippen LogP contribution is -2.59. The van der Waals surface area contributed by atoms with E-state index >= 15 is 0 Å². The smallest absolute Gasteiger partial charge is 0.245 e. The van der Waals surface area contributed by atoms with Gasteiger partial charge in [0.1, 0.15) is 24.2 Å². The molecule has 282 valence electrons. The van der Waals surface area contributed by atoms with Crippen LogP contribution in [-0.2, 0) is 57.9 Å². The molecule has 0 bridgehead atoms. The molecule has 1 fully saturated rings. The summed E-state index contributed by atoms with van der Waals surface area (Å²) in [6.07, 6.45) is 2.98. The second-order valence-corrected chi connectivity index (χ2v) is 13.0. The summed E-state index contributed by atoms with van der Waals surface area (Å²) >= 11 is 0. The zero-order valence-corrected chi connectivity index (χ0v) is 29.1. The predicted molar refractivity (Wildman–Crippen MR) is 188 cm³/mol. The average Bonchev–Trinajstić information content (AvgIpc) is 3.81. The van der Waals surface area contributed by atoms with E-state index in [9.17, 15) is 33.6 Å². The van der Waals surface area contributed by atoms with Crippen LogP contribution in [0.25, 0.3) is 10.8 Å². The van der Waals surface area contributed by atoms with Gasteiger partial charge in [-0.1, -0.05) is 47.7 Å². The topological polar surface area (TPSA) is 263 Å². The van der Waals surface area contributed by atoms with E-state index in [0.717, 1.165) is 16.3 Å². The highest BCUT2D eigenvalue weighted by atomic mass is 16.5. The molecule has 3 aromatic rings. The number of hydrogen-bond acceptors (Lipinski definition) is 10. The minimum Gasteiger partial charge on any atom is -0.372 e. The number of benzene rings is 2. The van der Waals surface area contributed by atoms with Crippen molar-refractivity contribution < 1.29 is 38.3 Å². The number of primary amides is 2. The Morgan fingerprint density at radius 3 is 2.55 bits per heavy atom. The molecule has 0 saturated carbocycles. The van der Waals surface area contributed by atoms with Crippen LogP contribution in [0.4, 0.5) is 0 Å². The summed E-state index contributed by atoms with van der Waals surface area (Å²) in [6, 6.07) is 8.01. The first kappa shape index (κ1) is 38.3. The molecule has 0 radical (unpaired) electrons. The van der Waals surface area contributed by atoms with Gasteiger partial charge in [0.2, 0.25) is 41.4 Å². The van der Waals surface area contributed by atoms with E-state index < -0.39 is 72.6 Å². The maximum absolute atomic E-state index is 14.2. The molecule has 2 aromatic carbocycles. The van der Waals surface area contributed by atoms with Crippen LogP contribution in [-0.4, -0.2) is 105 Å². The number of aryl methyl sites for hydroxylation is 1. The number of rotatable bonds is 7. The molecule has 4 atom stereocenters. The van der Waals surface area contributed by atoms with Gasteiger partial charge < -0.3 is 42.4 Å². The third kappa shape index (κ3) is 10.3. The Morgan fingerprint density at radius 1 is 0.962 bits per heavy atom. The highest BCUT2D eigenvalue weighted by Crippen LogP contribution is 2.22. The van der Waals surface area contributed by atoms with Crippen LogP contribution >= 0.6 is 0 Å². The minimum absolute atomic E-state index is 0.00128. The van der Waals surface area contributed by atoms with Crippen LogP contribution in [0.1, 0.15) is 49.8 Å². The van der Waals surface area contributed by atoms with Gasteiger partial charge in [0.15, 0.2) is 0 Å². The number of aromatic nitrogens is 3. The van der Waals surface area contributed by atoms with Gasteiger partial charge in [0.05, 0.1) is 38.1 Å². The molecule has 0 spiro atoms. The molecular weight excluding hydrogens is 688 g/mol. The Balaban J connectivity index is 1.46. The molecule has 5 rings (SSSR count). The van der Waals surface area contributed by atoms with E-state index in [-0.39, 0.29) is 31.9 Å². The molecule has 2 aliphatic rings. The van der Waals surface area contributed by atoms with Crippen molar-refractivity contribution in [3.05, 3.63) is 59.9 Å². The van der Waals surface area contributed by atoms with Crippen LogP contribution in [0.3, 0.4) is 0 Å². The third-order valence-electron chi connectivity index (χ3n) is 9.20. The van der Waals surface area contributed by atoms with Crippen LogP contribution in [0.2, 0.25) is 0 Å². The van der Waals surface area contributed by atoms with Crippen LogP contribution < -0.4 is 32.7 Å². The van der Waals surface area contributed by atoms with Gasteiger partial charge in [-0.05, 0) is 42.0 Å². The fourth-order valence-corrected chi connectivity index (χ4v) is 6.43. The predicted octanol–water partition coefficient (Wildman–Crippen LogP) is -1.70. The second kappa shape index (κ2) is 18.0. The Bertz CT molecular complexity index is 1840. The number of carbonyl (C=O) groups is 7. The van der Waals surface area contributed by atoms with Crippen molar-refractivity contribution in [3.63, 3.8) is 0 Å². The summed E-state index contributed by atoms with van der Waals surface area (Å²) in [5, 5.41) is 20.2. The molecular formula is C35H44N10O8. The molecule has 0 aliphatic carbocycles. The van der Waals surface area contributed by atoms with Crippen LogP contribution in [0, 0.1) is 0 Å². The summed E-state index contributed by atoms with van der Waals surface area (Å²) < 4.78 is 7.44. The summed E-state index contributed by atoms with van der Waals surface area (Å²) in [5.41, 5.74) is 12.0. The van der Waals surface area contributed by atoms with Crippen LogP contribution in [0.5, 0.6) is 0 Å². The van der Waals surface area contributed by atoms with Gasteiger partial charge in [-0.2, -0.15) is 0 Å². The zero-order chi connectivity index (χ0) is 37.9. The molecule has 2 aliphatic heterocycles. The van der Waals surface area contributed by atoms with E-state index in [2.05, 4.69) is 31.6 Å².